The van der Waals surface area contributed by atoms with Crippen LogP contribution in [0.25, 0.3) is 22.6 Å². The third kappa shape index (κ3) is 4.44. The minimum atomic E-state index is -0.147. The van der Waals surface area contributed by atoms with Gasteiger partial charge in [0.2, 0.25) is 5.91 Å². The van der Waals surface area contributed by atoms with Crippen LogP contribution < -0.4 is 10.1 Å². The van der Waals surface area contributed by atoms with E-state index in [1.807, 2.05) is 41.8 Å². The minimum Gasteiger partial charge on any atom is -0.497 e. The fourth-order valence-corrected chi connectivity index (χ4v) is 3.82. The summed E-state index contributed by atoms with van der Waals surface area (Å²) < 4.78 is 7.45. The van der Waals surface area contributed by atoms with Gasteiger partial charge in [0.05, 0.1) is 12.8 Å². The van der Waals surface area contributed by atoms with Crippen LogP contribution in [0.4, 0.5) is 5.13 Å². The highest BCUT2D eigenvalue weighted by Crippen LogP contribution is 2.24. The summed E-state index contributed by atoms with van der Waals surface area (Å²) in [5.74, 6) is 1.28. The fourth-order valence-electron chi connectivity index (χ4n) is 2.86. The molecule has 4 aromatic rings. The highest BCUT2D eigenvalue weighted by atomic mass is 32.1. The summed E-state index contributed by atoms with van der Waals surface area (Å²) >= 11 is 6.71. The highest BCUT2D eigenvalue weighted by molar-refractivity contribution is 7.71. The first-order chi connectivity index (χ1) is 14.6. The van der Waals surface area contributed by atoms with Gasteiger partial charge in [-0.15, -0.1) is 11.3 Å². The Kier molecular flexibility index (Phi) is 5.96. The number of hydrogen-bond acceptors (Lipinski definition) is 7. The lowest BCUT2D eigenvalue weighted by molar-refractivity contribution is -0.116. The maximum absolute atomic E-state index is 12.4. The molecule has 0 radical (unpaired) electrons. The number of aromatic nitrogens is 5. The zero-order chi connectivity index (χ0) is 20.9. The molecule has 0 saturated heterocycles. The van der Waals surface area contributed by atoms with Gasteiger partial charge in [-0.1, -0.05) is 0 Å². The Morgan fingerprint density at radius 3 is 2.83 bits per heavy atom. The van der Waals surface area contributed by atoms with E-state index in [2.05, 4.69) is 25.5 Å². The van der Waals surface area contributed by atoms with E-state index in [1.165, 1.54) is 11.3 Å². The van der Waals surface area contributed by atoms with E-state index in [4.69, 9.17) is 17.0 Å². The smallest absolute Gasteiger partial charge is 0.227 e. The van der Waals surface area contributed by atoms with E-state index < -0.39 is 0 Å². The number of nitrogens with zero attached hydrogens (tertiary/aromatic N) is 4. The zero-order valence-corrected chi connectivity index (χ0v) is 17.7. The molecule has 2 N–H and O–H groups in total. The third-order valence-electron chi connectivity index (χ3n) is 4.38. The molecular formula is C20H18N6O2S2. The molecule has 3 aromatic heterocycles. The molecule has 0 unspecified atom stereocenters. The summed E-state index contributed by atoms with van der Waals surface area (Å²) in [7, 11) is 1.62. The number of carbonyl (C=O) groups is 1. The predicted molar refractivity (Wildman–Crippen MR) is 118 cm³/mol. The van der Waals surface area contributed by atoms with E-state index >= 15 is 0 Å². The van der Waals surface area contributed by atoms with Gasteiger partial charge in [-0.3, -0.25) is 19.4 Å². The van der Waals surface area contributed by atoms with Crippen LogP contribution in [0, 0.1) is 4.77 Å². The summed E-state index contributed by atoms with van der Waals surface area (Å²) in [6.45, 7) is 0.392. The van der Waals surface area contributed by atoms with E-state index in [1.54, 1.807) is 24.1 Å². The van der Waals surface area contributed by atoms with Crippen molar-refractivity contribution in [2.75, 3.05) is 12.4 Å². The summed E-state index contributed by atoms with van der Waals surface area (Å²) in [4.78, 5) is 21.0. The lowest BCUT2D eigenvalue weighted by Gasteiger charge is -2.07. The molecule has 0 atom stereocenters. The monoisotopic (exact) mass is 438 g/mol. The van der Waals surface area contributed by atoms with E-state index in [0.29, 0.717) is 22.3 Å². The number of ether oxygens (including phenoxy) is 1. The largest absolute Gasteiger partial charge is 0.497 e. The van der Waals surface area contributed by atoms with Gasteiger partial charge >= 0.3 is 0 Å². The second-order valence-corrected chi connectivity index (χ2v) is 7.56. The number of hydrogen-bond donors (Lipinski definition) is 2. The molecule has 1 amide bonds. The molecule has 1 aromatic carbocycles. The van der Waals surface area contributed by atoms with Crippen LogP contribution in [0.3, 0.4) is 0 Å². The van der Waals surface area contributed by atoms with Crippen molar-refractivity contribution in [3.05, 3.63) is 58.9 Å². The second kappa shape index (κ2) is 8.97. The second-order valence-electron chi connectivity index (χ2n) is 6.31. The first kappa shape index (κ1) is 19.9. The van der Waals surface area contributed by atoms with Gasteiger partial charge in [0.1, 0.15) is 5.75 Å². The van der Waals surface area contributed by atoms with Crippen molar-refractivity contribution in [1.82, 2.24) is 24.7 Å². The predicted octanol–water partition coefficient (Wildman–Crippen LogP) is 4.16. The fraction of sp³-hybridized carbons (Fsp3) is 0.150. The molecule has 30 heavy (non-hydrogen) atoms. The number of H-pyrrole nitrogens is 1. The van der Waals surface area contributed by atoms with Crippen molar-refractivity contribution in [1.29, 1.82) is 0 Å². The van der Waals surface area contributed by atoms with Crippen LogP contribution in [0.15, 0.2) is 54.2 Å². The van der Waals surface area contributed by atoms with Gasteiger partial charge in [0.25, 0.3) is 0 Å². The van der Waals surface area contributed by atoms with Crippen molar-refractivity contribution in [3.63, 3.8) is 0 Å². The van der Waals surface area contributed by atoms with E-state index in [0.717, 1.165) is 22.6 Å². The molecule has 152 valence electrons. The zero-order valence-electron chi connectivity index (χ0n) is 16.0. The Morgan fingerprint density at radius 1 is 1.27 bits per heavy atom. The van der Waals surface area contributed by atoms with Crippen LogP contribution in [0.1, 0.15) is 6.42 Å². The number of amides is 1. The maximum Gasteiger partial charge on any atom is 0.227 e. The Hall–Kier alpha value is -3.37. The highest BCUT2D eigenvalue weighted by Gasteiger charge is 2.12. The number of pyridine rings is 1. The van der Waals surface area contributed by atoms with Crippen molar-refractivity contribution < 1.29 is 9.53 Å². The number of rotatable bonds is 7. The molecule has 0 aliphatic heterocycles. The molecule has 0 spiro atoms. The standard InChI is InChI=1S/C20H18N6O2S2/c1-28-15-6-4-13(5-7-15)18-24-25-20(29)26(18)10-8-17(27)23-19-22-16(12-30-19)14-3-2-9-21-11-14/h2-7,9,11-12H,8,10H2,1H3,(H,25,29)(H,22,23,27). The lowest BCUT2D eigenvalue weighted by Crippen LogP contribution is -2.15. The minimum absolute atomic E-state index is 0.147. The number of thiazole rings is 1. The van der Waals surface area contributed by atoms with Crippen LogP contribution in [0.2, 0.25) is 0 Å². The maximum atomic E-state index is 12.4. The van der Waals surface area contributed by atoms with Gasteiger partial charge in [-0.2, -0.15) is 5.10 Å². The first-order valence-corrected chi connectivity index (χ1v) is 10.4. The van der Waals surface area contributed by atoms with E-state index in [9.17, 15) is 4.79 Å². The average Bonchev–Trinajstić information content (AvgIpc) is 3.39. The molecule has 0 fully saturated rings. The summed E-state index contributed by atoms with van der Waals surface area (Å²) in [6, 6.07) is 11.3. The Balaban J connectivity index is 1.41. The number of anilines is 1. The Labute approximate surface area is 181 Å². The molecule has 8 nitrogen and oxygen atoms in total. The molecule has 10 heteroatoms. The number of methoxy groups -OCH3 is 1. The summed E-state index contributed by atoms with van der Waals surface area (Å²) in [6.07, 6.45) is 3.68. The average molecular weight is 439 g/mol. The van der Waals surface area contributed by atoms with Crippen LogP contribution in [-0.4, -0.2) is 37.7 Å². The summed E-state index contributed by atoms with van der Waals surface area (Å²) in [5, 5.41) is 12.4. The number of nitrogens with one attached hydrogen (secondary N) is 2. The molecule has 0 aliphatic rings. The van der Waals surface area contributed by atoms with Crippen molar-refractivity contribution in [2.45, 2.75) is 13.0 Å². The normalized spacial score (nSPS) is 10.7. The van der Waals surface area contributed by atoms with Crippen molar-refractivity contribution in [2.24, 2.45) is 0 Å². The van der Waals surface area contributed by atoms with Crippen molar-refractivity contribution in [3.8, 4) is 28.4 Å². The number of aromatic amines is 1. The van der Waals surface area contributed by atoms with Gasteiger partial charge in [0, 0.05) is 41.9 Å². The van der Waals surface area contributed by atoms with Gasteiger partial charge in [0.15, 0.2) is 15.7 Å². The number of carbonyl (C=O) groups excluding carboxylic acids is 1. The van der Waals surface area contributed by atoms with Gasteiger partial charge < -0.3 is 10.1 Å². The Bertz CT molecular complexity index is 1200. The van der Waals surface area contributed by atoms with Gasteiger partial charge in [-0.05, 0) is 48.6 Å². The molecule has 0 aliphatic carbocycles. The first-order valence-electron chi connectivity index (χ1n) is 9.09. The number of benzene rings is 1. The molecule has 4 rings (SSSR count). The lowest BCUT2D eigenvalue weighted by atomic mass is 10.2. The molecule has 0 bridgehead atoms. The van der Waals surface area contributed by atoms with E-state index in [-0.39, 0.29) is 12.3 Å². The van der Waals surface area contributed by atoms with Crippen LogP contribution in [0.5, 0.6) is 5.75 Å². The molecule has 3 heterocycles. The third-order valence-corrected chi connectivity index (χ3v) is 5.45. The molecule has 0 saturated carbocycles. The van der Waals surface area contributed by atoms with Gasteiger partial charge in [-0.25, -0.2) is 4.98 Å². The summed E-state index contributed by atoms with van der Waals surface area (Å²) in [5.41, 5.74) is 2.56. The molecular weight excluding hydrogens is 420 g/mol. The topological polar surface area (TPSA) is 97.7 Å². The SMILES string of the molecule is COc1ccc(-c2n[nH]c(=S)n2CCC(=O)Nc2nc(-c3cccnc3)cs2)cc1. The van der Waals surface area contributed by atoms with Crippen LogP contribution in [-0.2, 0) is 11.3 Å². The quantitative estimate of drug-likeness (QED) is 0.421. The van der Waals surface area contributed by atoms with Crippen LogP contribution >= 0.6 is 23.6 Å². The van der Waals surface area contributed by atoms with Crippen molar-refractivity contribution >= 4 is 34.6 Å². The Morgan fingerprint density at radius 2 is 2.10 bits per heavy atom.